The van der Waals surface area contributed by atoms with Crippen molar-refractivity contribution in [1.29, 1.82) is 0 Å². The molecule has 0 radical (unpaired) electrons. The second-order valence-corrected chi connectivity index (χ2v) is 7.79. The van der Waals surface area contributed by atoms with Crippen molar-refractivity contribution in [2.24, 2.45) is 0 Å². The normalized spacial score (nSPS) is 11.3. The van der Waals surface area contributed by atoms with Crippen LogP contribution in [-0.2, 0) is 5.41 Å². The molecule has 1 heterocycles. The minimum Gasteiger partial charge on any atom is -0.355 e. The topological polar surface area (TPSA) is 24.9 Å². The molecule has 0 saturated carbocycles. The molecule has 0 amide bonds. The van der Waals surface area contributed by atoms with Crippen LogP contribution in [0.25, 0.3) is 17.0 Å². The second-order valence-electron chi connectivity index (χ2n) is 7.79. The lowest BCUT2D eigenvalue weighted by Gasteiger charge is -2.22. The van der Waals surface area contributed by atoms with E-state index in [1.165, 1.54) is 11.6 Å². The molecule has 0 atom stereocenters. The Morgan fingerprint density at radius 3 is 2.44 bits per heavy atom. The van der Waals surface area contributed by atoms with E-state index < -0.39 is 0 Å². The number of aromatic nitrogens is 1. The van der Waals surface area contributed by atoms with E-state index in [4.69, 9.17) is 0 Å². The molecule has 0 saturated heterocycles. The Kier molecular flexibility index (Phi) is 5.13. The van der Waals surface area contributed by atoms with Crippen LogP contribution < -0.4 is 5.32 Å². The number of rotatable bonds is 4. The lowest BCUT2D eigenvalue weighted by molar-refractivity contribution is 0.590. The van der Waals surface area contributed by atoms with Crippen LogP contribution >= 0.6 is 0 Å². The molecule has 0 aliphatic carbocycles. The van der Waals surface area contributed by atoms with Crippen LogP contribution in [0.5, 0.6) is 0 Å². The molecule has 0 unspecified atom stereocenters. The standard InChI is InChI=1S/C24H25FN2/c1-16-9-11-19(24(3,4)5)15-23(16)27-17(2)20-12-10-18(14-21(20)25)22-8-6-7-13-26-22/h6-15,27H,2H2,1,3-5H3. The van der Waals surface area contributed by atoms with Gasteiger partial charge >= 0.3 is 0 Å². The van der Waals surface area contributed by atoms with E-state index in [-0.39, 0.29) is 11.2 Å². The Morgan fingerprint density at radius 1 is 1.04 bits per heavy atom. The SMILES string of the molecule is C=C(Nc1cc(C(C)(C)C)ccc1C)c1ccc(-c2ccccn2)cc1F. The molecule has 3 rings (SSSR count). The first kappa shape index (κ1) is 18.8. The van der Waals surface area contributed by atoms with Gasteiger partial charge in [-0.2, -0.15) is 0 Å². The van der Waals surface area contributed by atoms with Gasteiger partial charge in [0.25, 0.3) is 0 Å². The summed E-state index contributed by atoms with van der Waals surface area (Å²) in [4.78, 5) is 4.27. The molecule has 1 N–H and O–H groups in total. The lowest BCUT2D eigenvalue weighted by Crippen LogP contribution is -2.12. The van der Waals surface area contributed by atoms with E-state index in [2.05, 4.69) is 55.9 Å². The number of aryl methyl sites for hydroxylation is 1. The van der Waals surface area contributed by atoms with Crippen molar-refractivity contribution in [3.63, 3.8) is 0 Å². The molecule has 0 spiro atoms. The fourth-order valence-electron chi connectivity index (χ4n) is 2.91. The first-order valence-electron chi connectivity index (χ1n) is 9.04. The van der Waals surface area contributed by atoms with E-state index in [1.54, 1.807) is 12.3 Å². The van der Waals surface area contributed by atoms with Gasteiger partial charge < -0.3 is 5.32 Å². The maximum atomic E-state index is 14.7. The quantitative estimate of drug-likeness (QED) is 0.568. The number of nitrogens with one attached hydrogen (secondary N) is 1. The molecule has 0 bridgehead atoms. The number of pyridine rings is 1. The van der Waals surface area contributed by atoms with Crippen LogP contribution in [0.2, 0.25) is 0 Å². The van der Waals surface area contributed by atoms with Gasteiger partial charge in [0.2, 0.25) is 0 Å². The highest BCUT2D eigenvalue weighted by atomic mass is 19.1. The first-order valence-corrected chi connectivity index (χ1v) is 9.04. The summed E-state index contributed by atoms with van der Waals surface area (Å²) >= 11 is 0. The fraction of sp³-hybridized carbons (Fsp3) is 0.208. The van der Waals surface area contributed by atoms with Crippen LogP contribution in [0.15, 0.2) is 67.4 Å². The molecular weight excluding hydrogens is 335 g/mol. The molecule has 3 aromatic rings. The molecular formula is C24H25FN2. The summed E-state index contributed by atoms with van der Waals surface area (Å²) in [6.07, 6.45) is 1.70. The number of benzene rings is 2. The second kappa shape index (κ2) is 7.36. The highest BCUT2D eigenvalue weighted by Crippen LogP contribution is 2.30. The number of hydrogen-bond donors (Lipinski definition) is 1. The van der Waals surface area contributed by atoms with E-state index in [1.807, 2.05) is 31.2 Å². The van der Waals surface area contributed by atoms with Crippen molar-refractivity contribution in [3.05, 3.63) is 89.9 Å². The minimum atomic E-state index is -0.319. The van der Waals surface area contributed by atoms with E-state index >= 15 is 0 Å². The third kappa shape index (κ3) is 4.25. The van der Waals surface area contributed by atoms with Gasteiger partial charge in [-0.05, 0) is 53.8 Å². The Labute approximate surface area is 160 Å². The van der Waals surface area contributed by atoms with E-state index in [0.29, 0.717) is 11.3 Å². The molecule has 27 heavy (non-hydrogen) atoms. The predicted octanol–water partition coefficient (Wildman–Crippen LogP) is 6.58. The summed E-state index contributed by atoms with van der Waals surface area (Å²) in [7, 11) is 0. The fourth-order valence-corrected chi connectivity index (χ4v) is 2.91. The molecule has 0 aliphatic heterocycles. The van der Waals surface area contributed by atoms with Crippen molar-refractivity contribution in [2.75, 3.05) is 5.32 Å². The van der Waals surface area contributed by atoms with Gasteiger partial charge in [0, 0.05) is 28.7 Å². The molecule has 138 valence electrons. The van der Waals surface area contributed by atoms with Gasteiger partial charge in [0.05, 0.1) is 5.69 Å². The summed E-state index contributed by atoms with van der Waals surface area (Å²) in [6.45, 7) is 12.6. The molecule has 2 nitrogen and oxygen atoms in total. The maximum Gasteiger partial charge on any atom is 0.133 e. The Hall–Kier alpha value is -2.94. The summed E-state index contributed by atoms with van der Waals surface area (Å²) in [6, 6.07) is 17.0. The monoisotopic (exact) mass is 360 g/mol. The summed E-state index contributed by atoms with van der Waals surface area (Å²) in [5.74, 6) is -0.319. The van der Waals surface area contributed by atoms with Crippen molar-refractivity contribution in [3.8, 4) is 11.3 Å². The number of anilines is 1. The van der Waals surface area contributed by atoms with Crippen LogP contribution in [0.1, 0.15) is 37.5 Å². The van der Waals surface area contributed by atoms with Crippen LogP contribution in [0.4, 0.5) is 10.1 Å². The minimum absolute atomic E-state index is 0.0427. The Bertz CT molecular complexity index is 969. The van der Waals surface area contributed by atoms with Crippen LogP contribution in [-0.4, -0.2) is 4.98 Å². The molecule has 0 aliphatic rings. The average molecular weight is 360 g/mol. The zero-order valence-corrected chi connectivity index (χ0v) is 16.3. The smallest absolute Gasteiger partial charge is 0.133 e. The third-order valence-corrected chi connectivity index (χ3v) is 4.64. The van der Waals surface area contributed by atoms with Crippen LogP contribution in [0, 0.1) is 12.7 Å². The summed E-state index contributed by atoms with van der Waals surface area (Å²) in [5.41, 5.74) is 5.78. The number of hydrogen-bond acceptors (Lipinski definition) is 2. The van der Waals surface area contributed by atoms with Gasteiger partial charge in [0.1, 0.15) is 5.82 Å². The Morgan fingerprint density at radius 2 is 1.81 bits per heavy atom. The van der Waals surface area contributed by atoms with Crippen molar-refractivity contribution < 1.29 is 4.39 Å². The van der Waals surface area contributed by atoms with E-state index in [0.717, 1.165) is 22.5 Å². The average Bonchev–Trinajstić information content (AvgIpc) is 2.63. The van der Waals surface area contributed by atoms with Crippen molar-refractivity contribution >= 4 is 11.4 Å². The van der Waals surface area contributed by atoms with Gasteiger partial charge in [-0.3, -0.25) is 4.98 Å². The van der Waals surface area contributed by atoms with Gasteiger partial charge in [-0.15, -0.1) is 0 Å². The number of halogens is 1. The highest BCUT2D eigenvalue weighted by molar-refractivity contribution is 5.78. The molecule has 2 aromatic carbocycles. The van der Waals surface area contributed by atoms with Crippen LogP contribution in [0.3, 0.4) is 0 Å². The largest absolute Gasteiger partial charge is 0.355 e. The zero-order valence-electron chi connectivity index (χ0n) is 16.3. The predicted molar refractivity (Wildman–Crippen MR) is 112 cm³/mol. The highest BCUT2D eigenvalue weighted by Gasteiger charge is 2.16. The Balaban J connectivity index is 1.87. The van der Waals surface area contributed by atoms with E-state index in [9.17, 15) is 4.39 Å². The molecule has 0 fully saturated rings. The maximum absolute atomic E-state index is 14.7. The number of nitrogens with zero attached hydrogens (tertiary/aromatic N) is 1. The summed E-state index contributed by atoms with van der Waals surface area (Å²) in [5, 5.41) is 3.29. The molecule has 3 heteroatoms. The van der Waals surface area contributed by atoms with Crippen molar-refractivity contribution in [1.82, 2.24) is 4.98 Å². The first-order chi connectivity index (χ1) is 12.8. The lowest BCUT2D eigenvalue weighted by atomic mass is 9.86. The van der Waals surface area contributed by atoms with Gasteiger partial charge in [0.15, 0.2) is 0 Å². The van der Waals surface area contributed by atoms with Gasteiger partial charge in [-0.25, -0.2) is 4.39 Å². The molecule has 1 aromatic heterocycles. The van der Waals surface area contributed by atoms with Gasteiger partial charge in [-0.1, -0.05) is 51.6 Å². The summed E-state index contributed by atoms with van der Waals surface area (Å²) < 4.78 is 14.7. The zero-order chi connectivity index (χ0) is 19.6. The van der Waals surface area contributed by atoms with Crippen molar-refractivity contribution in [2.45, 2.75) is 33.1 Å². The third-order valence-electron chi connectivity index (χ3n) is 4.64.